The van der Waals surface area contributed by atoms with Gasteiger partial charge in [0.25, 0.3) is 0 Å². The molecule has 1 heterocycles. The number of nitrogens with zero attached hydrogens (tertiary/aromatic N) is 2. The molecule has 0 spiro atoms. The predicted molar refractivity (Wildman–Crippen MR) is 115 cm³/mol. The SMILES string of the molecule is CCN1CC(=O)N(CCC(C)(C)CCCCOCCCCC(C)(C)CC)C1=O. The van der Waals surface area contributed by atoms with Crippen LogP contribution in [-0.2, 0) is 9.53 Å². The molecule has 0 aromatic heterocycles. The maximum absolute atomic E-state index is 12.2. The van der Waals surface area contributed by atoms with Crippen molar-refractivity contribution < 1.29 is 14.3 Å². The fourth-order valence-corrected chi connectivity index (χ4v) is 3.49. The van der Waals surface area contributed by atoms with Crippen LogP contribution < -0.4 is 0 Å². The molecule has 0 aromatic rings. The van der Waals surface area contributed by atoms with Gasteiger partial charge in [0, 0.05) is 26.3 Å². The maximum Gasteiger partial charge on any atom is 0.327 e. The zero-order chi connectivity index (χ0) is 21.2. The van der Waals surface area contributed by atoms with E-state index in [1.165, 1.54) is 24.2 Å². The lowest BCUT2D eigenvalue weighted by Crippen LogP contribution is -2.35. The van der Waals surface area contributed by atoms with Crippen molar-refractivity contribution in [2.75, 3.05) is 32.8 Å². The Bertz CT molecular complexity index is 488. The minimum absolute atomic E-state index is 0.0571. The number of urea groups is 1. The lowest BCUT2D eigenvalue weighted by atomic mass is 9.84. The van der Waals surface area contributed by atoms with Gasteiger partial charge in [0.15, 0.2) is 0 Å². The molecular weight excluding hydrogens is 352 g/mol. The summed E-state index contributed by atoms with van der Waals surface area (Å²) in [5.41, 5.74) is 0.594. The topological polar surface area (TPSA) is 49.9 Å². The van der Waals surface area contributed by atoms with Gasteiger partial charge in [-0.25, -0.2) is 4.79 Å². The molecule has 0 N–H and O–H groups in total. The van der Waals surface area contributed by atoms with E-state index in [0.29, 0.717) is 18.5 Å². The zero-order valence-corrected chi connectivity index (χ0v) is 19.3. The van der Waals surface area contributed by atoms with E-state index in [2.05, 4.69) is 34.6 Å². The smallest absolute Gasteiger partial charge is 0.327 e. The molecule has 1 aliphatic heterocycles. The molecule has 0 radical (unpaired) electrons. The molecule has 0 aliphatic carbocycles. The van der Waals surface area contributed by atoms with Gasteiger partial charge < -0.3 is 9.64 Å². The Labute approximate surface area is 173 Å². The molecule has 0 saturated carbocycles. The Balaban J connectivity index is 2.10. The van der Waals surface area contributed by atoms with Gasteiger partial charge >= 0.3 is 6.03 Å². The molecule has 0 unspecified atom stereocenters. The van der Waals surface area contributed by atoms with Crippen molar-refractivity contribution in [1.82, 2.24) is 9.80 Å². The van der Waals surface area contributed by atoms with Gasteiger partial charge in [0.1, 0.15) is 6.54 Å². The minimum Gasteiger partial charge on any atom is -0.381 e. The lowest BCUT2D eigenvalue weighted by molar-refractivity contribution is -0.125. The normalized spacial score (nSPS) is 15.8. The third-order valence-corrected chi connectivity index (χ3v) is 6.26. The number of rotatable bonds is 15. The summed E-state index contributed by atoms with van der Waals surface area (Å²) in [5.74, 6) is -0.0571. The molecule has 0 atom stereocenters. The fraction of sp³-hybridized carbons (Fsp3) is 0.913. The second kappa shape index (κ2) is 11.8. The highest BCUT2D eigenvalue weighted by atomic mass is 16.5. The van der Waals surface area contributed by atoms with Crippen molar-refractivity contribution in [3.05, 3.63) is 0 Å². The number of ether oxygens (including phenoxy) is 1. The molecule has 5 nitrogen and oxygen atoms in total. The van der Waals surface area contributed by atoms with Crippen molar-refractivity contribution in [1.29, 1.82) is 0 Å². The first kappa shape index (κ1) is 24.9. The molecule has 3 amide bonds. The van der Waals surface area contributed by atoms with Crippen LogP contribution in [0.15, 0.2) is 0 Å². The van der Waals surface area contributed by atoms with E-state index in [1.807, 2.05) is 6.92 Å². The van der Waals surface area contributed by atoms with Crippen LogP contribution in [0.3, 0.4) is 0 Å². The molecule has 0 bridgehead atoms. The average molecular weight is 397 g/mol. The van der Waals surface area contributed by atoms with E-state index in [9.17, 15) is 9.59 Å². The summed E-state index contributed by atoms with van der Waals surface area (Å²) < 4.78 is 5.79. The van der Waals surface area contributed by atoms with Crippen molar-refractivity contribution in [2.24, 2.45) is 10.8 Å². The summed E-state index contributed by atoms with van der Waals surface area (Å²) >= 11 is 0. The first-order valence-electron chi connectivity index (χ1n) is 11.3. The van der Waals surface area contributed by atoms with Crippen molar-refractivity contribution in [3.63, 3.8) is 0 Å². The number of likely N-dealkylation sites (N-methyl/N-ethyl adjacent to an activating group) is 1. The molecule has 5 heteroatoms. The Morgan fingerprint density at radius 3 is 1.93 bits per heavy atom. The van der Waals surface area contributed by atoms with Crippen LogP contribution in [-0.4, -0.2) is 54.6 Å². The number of amides is 3. The molecule has 1 saturated heterocycles. The van der Waals surface area contributed by atoms with E-state index in [-0.39, 0.29) is 23.9 Å². The second-order valence-corrected chi connectivity index (χ2v) is 9.80. The standard InChI is InChI=1S/C23H44N2O3/c1-7-22(3,4)13-9-11-17-28-18-12-10-14-23(5,6)15-16-25-20(26)19-24(8-2)21(25)27/h7-19H2,1-6H3. The molecule has 0 aromatic carbocycles. The largest absolute Gasteiger partial charge is 0.381 e. The zero-order valence-electron chi connectivity index (χ0n) is 19.3. The maximum atomic E-state index is 12.2. The van der Waals surface area contributed by atoms with Crippen LogP contribution in [0, 0.1) is 10.8 Å². The summed E-state index contributed by atoms with van der Waals surface area (Å²) in [7, 11) is 0. The predicted octanol–water partition coefficient (Wildman–Crippen LogP) is 5.48. The van der Waals surface area contributed by atoms with E-state index in [0.717, 1.165) is 45.3 Å². The summed E-state index contributed by atoms with van der Waals surface area (Å²) in [4.78, 5) is 27.2. The van der Waals surface area contributed by atoms with Crippen LogP contribution in [0.2, 0.25) is 0 Å². The molecule has 1 rings (SSSR count). The number of carbonyl (C=O) groups is 2. The first-order chi connectivity index (χ1) is 13.1. The van der Waals surface area contributed by atoms with Gasteiger partial charge in [0.05, 0.1) is 0 Å². The van der Waals surface area contributed by atoms with Crippen molar-refractivity contribution in [2.45, 2.75) is 92.9 Å². The third-order valence-electron chi connectivity index (χ3n) is 6.26. The van der Waals surface area contributed by atoms with Crippen LogP contribution in [0.25, 0.3) is 0 Å². The van der Waals surface area contributed by atoms with Gasteiger partial charge in [-0.05, 0) is 49.9 Å². The first-order valence-corrected chi connectivity index (χ1v) is 11.3. The number of hydrogen-bond acceptors (Lipinski definition) is 3. The minimum atomic E-state index is -0.126. The lowest BCUT2D eigenvalue weighted by Gasteiger charge is -2.27. The molecule has 164 valence electrons. The fourth-order valence-electron chi connectivity index (χ4n) is 3.49. The van der Waals surface area contributed by atoms with E-state index < -0.39 is 0 Å². The van der Waals surface area contributed by atoms with Crippen molar-refractivity contribution in [3.8, 4) is 0 Å². The summed E-state index contributed by atoms with van der Waals surface area (Å²) in [6.07, 6.45) is 9.07. The van der Waals surface area contributed by atoms with Gasteiger partial charge in [-0.3, -0.25) is 9.69 Å². The average Bonchev–Trinajstić information content (AvgIpc) is 2.91. The molecule has 1 aliphatic rings. The number of unbranched alkanes of at least 4 members (excludes halogenated alkanes) is 2. The van der Waals surface area contributed by atoms with Gasteiger partial charge in [0.2, 0.25) is 5.91 Å². The van der Waals surface area contributed by atoms with Crippen LogP contribution in [0.5, 0.6) is 0 Å². The quantitative estimate of drug-likeness (QED) is 0.272. The summed E-state index contributed by atoms with van der Waals surface area (Å²) in [5, 5.41) is 0. The van der Waals surface area contributed by atoms with E-state index in [1.54, 1.807) is 4.90 Å². The highest BCUT2D eigenvalue weighted by Crippen LogP contribution is 2.29. The van der Waals surface area contributed by atoms with E-state index >= 15 is 0 Å². The number of carbonyl (C=O) groups excluding carboxylic acids is 2. The Kier molecular flexibility index (Phi) is 10.5. The van der Waals surface area contributed by atoms with Crippen LogP contribution in [0.1, 0.15) is 92.9 Å². The summed E-state index contributed by atoms with van der Waals surface area (Å²) in [6.45, 7) is 16.4. The summed E-state index contributed by atoms with van der Waals surface area (Å²) in [6, 6.07) is -0.126. The molecular formula is C23H44N2O3. The number of imide groups is 1. The molecule has 1 fully saturated rings. The van der Waals surface area contributed by atoms with Crippen LogP contribution in [0.4, 0.5) is 4.79 Å². The van der Waals surface area contributed by atoms with Crippen molar-refractivity contribution >= 4 is 11.9 Å². The monoisotopic (exact) mass is 396 g/mol. The Morgan fingerprint density at radius 2 is 1.43 bits per heavy atom. The van der Waals surface area contributed by atoms with Gasteiger partial charge in [-0.2, -0.15) is 0 Å². The van der Waals surface area contributed by atoms with Gasteiger partial charge in [-0.1, -0.05) is 53.9 Å². The van der Waals surface area contributed by atoms with Gasteiger partial charge in [-0.15, -0.1) is 0 Å². The number of hydrogen-bond donors (Lipinski definition) is 0. The Hall–Kier alpha value is -1.10. The highest BCUT2D eigenvalue weighted by Gasteiger charge is 2.35. The van der Waals surface area contributed by atoms with E-state index in [4.69, 9.17) is 4.74 Å². The third kappa shape index (κ3) is 8.93. The Morgan fingerprint density at radius 1 is 0.857 bits per heavy atom. The molecule has 28 heavy (non-hydrogen) atoms. The highest BCUT2D eigenvalue weighted by molar-refractivity contribution is 6.01. The second-order valence-electron chi connectivity index (χ2n) is 9.80. The van der Waals surface area contributed by atoms with Crippen LogP contribution >= 0.6 is 0 Å².